The minimum absolute atomic E-state index is 0.143. The topological polar surface area (TPSA) is 82.3 Å². The van der Waals surface area contributed by atoms with Crippen LogP contribution in [-0.4, -0.2) is 23.0 Å². The molecule has 19 heavy (non-hydrogen) atoms. The van der Waals surface area contributed by atoms with Crippen molar-refractivity contribution >= 4 is 11.7 Å². The third-order valence-electron chi connectivity index (χ3n) is 2.59. The molecular formula is C13H10N2O4. The maximum atomic E-state index is 11.7. The standard InChI is InChI=1S/C13H10N2O4/c1-19-13(16)12-7-10(15(17)18)4-5-11(12)9-3-2-6-14-8-9/h2-8H,1H3. The van der Waals surface area contributed by atoms with E-state index in [1.807, 2.05) is 0 Å². The summed E-state index contributed by atoms with van der Waals surface area (Å²) in [5, 5.41) is 10.8. The first-order valence-corrected chi connectivity index (χ1v) is 5.40. The number of hydrogen-bond donors (Lipinski definition) is 0. The molecule has 0 aliphatic carbocycles. The molecule has 0 bridgehead atoms. The molecule has 0 aliphatic rings. The molecule has 0 saturated heterocycles. The number of ether oxygens (including phenoxy) is 1. The maximum absolute atomic E-state index is 11.7. The molecule has 6 heteroatoms. The number of carbonyl (C=O) groups is 1. The Hall–Kier alpha value is -2.76. The van der Waals surface area contributed by atoms with E-state index in [1.54, 1.807) is 24.5 Å². The molecular weight excluding hydrogens is 248 g/mol. The summed E-state index contributed by atoms with van der Waals surface area (Å²) < 4.78 is 4.65. The molecule has 1 heterocycles. The molecule has 0 amide bonds. The summed E-state index contributed by atoms with van der Waals surface area (Å²) in [6.07, 6.45) is 3.18. The highest BCUT2D eigenvalue weighted by Gasteiger charge is 2.18. The van der Waals surface area contributed by atoms with Gasteiger partial charge in [-0.05, 0) is 17.7 Å². The van der Waals surface area contributed by atoms with Crippen molar-refractivity contribution in [1.29, 1.82) is 0 Å². The predicted octanol–water partition coefficient (Wildman–Crippen LogP) is 2.44. The number of nitro groups is 1. The van der Waals surface area contributed by atoms with E-state index >= 15 is 0 Å². The molecule has 0 aliphatic heterocycles. The number of benzene rings is 1. The molecule has 0 spiro atoms. The van der Waals surface area contributed by atoms with Crippen molar-refractivity contribution in [3.05, 3.63) is 58.4 Å². The summed E-state index contributed by atoms with van der Waals surface area (Å²) >= 11 is 0. The number of nitrogens with zero attached hydrogens (tertiary/aromatic N) is 2. The van der Waals surface area contributed by atoms with Crippen molar-refractivity contribution in [2.75, 3.05) is 7.11 Å². The van der Waals surface area contributed by atoms with Crippen molar-refractivity contribution in [2.24, 2.45) is 0 Å². The summed E-state index contributed by atoms with van der Waals surface area (Å²) in [6.45, 7) is 0. The van der Waals surface area contributed by atoms with Crippen LogP contribution in [0.1, 0.15) is 10.4 Å². The third-order valence-corrected chi connectivity index (χ3v) is 2.59. The van der Waals surface area contributed by atoms with Crippen molar-refractivity contribution in [1.82, 2.24) is 4.98 Å². The minimum atomic E-state index is -0.623. The highest BCUT2D eigenvalue weighted by Crippen LogP contribution is 2.27. The number of pyridine rings is 1. The molecule has 0 saturated carbocycles. The smallest absolute Gasteiger partial charge is 0.338 e. The number of nitro benzene ring substituents is 1. The van der Waals surface area contributed by atoms with E-state index in [1.165, 1.54) is 25.3 Å². The van der Waals surface area contributed by atoms with E-state index in [4.69, 9.17) is 0 Å². The average Bonchev–Trinajstić information content (AvgIpc) is 2.46. The second-order valence-corrected chi connectivity index (χ2v) is 3.72. The number of hydrogen-bond acceptors (Lipinski definition) is 5. The molecule has 2 rings (SSSR count). The van der Waals surface area contributed by atoms with Crippen LogP contribution in [0.15, 0.2) is 42.7 Å². The van der Waals surface area contributed by atoms with Gasteiger partial charge in [-0.15, -0.1) is 0 Å². The van der Waals surface area contributed by atoms with Gasteiger partial charge in [-0.25, -0.2) is 4.79 Å². The van der Waals surface area contributed by atoms with E-state index in [0.717, 1.165) is 0 Å². The van der Waals surface area contributed by atoms with Crippen LogP contribution in [0.3, 0.4) is 0 Å². The number of carbonyl (C=O) groups excluding carboxylic acids is 1. The van der Waals surface area contributed by atoms with E-state index in [2.05, 4.69) is 9.72 Å². The average molecular weight is 258 g/mol. The molecule has 1 aromatic heterocycles. The van der Waals surface area contributed by atoms with E-state index < -0.39 is 10.9 Å². The highest BCUT2D eigenvalue weighted by atomic mass is 16.6. The summed E-state index contributed by atoms with van der Waals surface area (Å²) in [5.74, 6) is -0.623. The lowest BCUT2D eigenvalue weighted by Crippen LogP contribution is -2.04. The van der Waals surface area contributed by atoms with Crippen LogP contribution in [0.25, 0.3) is 11.1 Å². The Morgan fingerprint density at radius 2 is 2.16 bits per heavy atom. The molecule has 96 valence electrons. The zero-order chi connectivity index (χ0) is 13.8. The molecule has 0 N–H and O–H groups in total. The third kappa shape index (κ3) is 2.57. The van der Waals surface area contributed by atoms with Crippen LogP contribution in [0.2, 0.25) is 0 Å². The van der Waals surface area contributed by atoms with Gasteiger partial charge >= 0.3 is 5.97 Å². The Balaban J connectivity index is 2.61. The minimum Gasteiger partial charge on any atom is -0.465 e. The summed E-state index contributed by atoms with van der Waals surface area (Å²) in [4.78, 5) is 25.9. The zero-order valence-corrected chi connectivity index (χ0v) is 10.1. The Labute approximate surface area is 108 Å². The molecule has 1 aromatic carbocycles. The lowest BCUT2D eigenvalue weighted by Gasteiger charge is -2.07. The molecule has 2 aromatic rings. The van der Waals surface area contributed by atoms with Gasteiger partial charge in [0.15, 0.2) is 0 Å². The fraction of sp³-hybridized carbons (Fsp3) is 0.0769. The van der Waals surface area contributed by atoms with E-state index in [0.29, 0.717) is 11.1 Å². The van der Waals surface area contributed by atoms with Crippen molar-refractivity contribution in [3.8, 4) is 11.1 Å². The van der Waals surface area contributed by atoms with Gasteiger partial charge in [-0.1, -0.05) is 6.07 Å². The van der Waals surface area contributed by atoms with Crippen molar-refractivity contribution < 1.29 is 14.5 Å². The summed E-state index contributed by atoms with van der Waals surface area (Å²) in [6, 6.07) is 7.54. The van der Waals surface area contributed by atoms with E-state index in [-0.39, 0.29) is 11.3 Å². The van der Waals surface area contributed by atoms with Crippen molar-refractivity contribution in [3.63, 3.8) is 0 Å². The van der Waals surface area contributed by atoms with Crippen LogP contribution in [0, 0.1) is 10.1 Å². The number of non-ortho nitro benzene ring substituents is 1. The van der Waals surface area contributed by atoms with E-state index in [9.17, 15) is 14.9 Å². The highest BCUT2D eigenvalue weighted by molar-refractivity contribution is 5.97. The molecule has 0 unspecified atom stereocenters. The lowest BCUT2D eigenvalue weighted by atomic mass is 10.0. The van der Waals surface area contributed by atoms with Gasteiger partial charge < -0.3 is 4.74 Å². The zero-order valence-electron chi connectivity index (χ0n) is 10.1. The van der Waals surface area contributed by atoms with Gasteiger partial charge in [0.25, 0.3) is 5.69 Å². The van der Waals surface area contributed by atoms with Gasteiger partial charge in [0, 0.05) is 30.1 Å². The second-order valence-electron chi connectivity index (χ2n) is 3.72. The number of aromatic nitrogens is 1. The maximum Gasteiger partial charge on any atom is 0.338 e. The molecule has 0 radical (unpaired) electrons. The van der Waals surface area contributed by atoms with Crippen LogP contribution in [0.5, 0.6) is 0 Å². The Bertz CT molecular complexity index is 626. The van der Waals surface area contributed by atoms with Gasteiger partial charge in [-0.2, -0.15) is 0 Å². The Morgan fingerprint density at radius 1 is 1.37 bits per heavy atom. The Morgan fingerprint density at radius 3 is 2.74 bits per heavy atom. The SMILES string of the molecule is COC(=O)c1cc([N+](=O)[O-])ccc1-c1cccnc1. The summed E-state index contributed by atoms with van der Waals surface area (Å²) in [7, 11) is 1.23. The Kier molecular flexibility index (Phi) is 3.51. The van der Waals surface area contributed by atoms with Gasteiger partial charge in [-0.3, -0.25) is 15.1 Å². The number of methoxy groups -OCH3 is 1. The summed E-state index contributed by atoms with van der Waals surface area (Å²) in [5.41, 5.74) is 1.22. The predicted molar refractivity (Wildman–Crippen MR) is 67.7 cm³/mol. The first-order valence-electron chi connectivity index (χ1n) is 5.40. The normalized spacial score (nSPS) is 9.95. The van der Waals surface area contributed by atoms with Gasteiger partial charge in [0.1, 0.15) is 0 Å². The van der Waals surface area contributed by atoms with Gasteiger partial charge in [0.2, 0.25) is 0 Å². The second kappa shape index (κ2) is 5.26. The quantitative estimate of drug-likeness (QED) is 0.479. The molecule has 0 atom stereocenters. The van der Waals surface area contributed by atoms with Crippen molar-refractivity contribution in [2.45, 2.75) is 0 Å². The number of rotatable bonds is 3. The van der Waals surface area contributed by atoms with Crippen LogP contribution < -0.4 is 0 Å². The number of esters is 1. The first kappa shape index (κ1) is 12.7. The van der Waals surface area contributed by atoms with Crippen LogP contribution in [-0.2, 0) is 4.74 Å². The van der Waals surface area contributed by atoms with Crippen LogP contribution in [0.4, 0.5) is 5.69 Å². The lowest BCUT2D eigenvalue weighted by molar-refractivity contribution is -0.384. The fourth-order valence-electron chi connectivity index (χ4n) is 1.70. The molecule has 6 nitrogen and oxygen atoms in total. The largest absolute Gasteiger partial charge is 0.465 e. The monoisotopic (exact) mass is 258 g/mol. The molecule has 0 fully saturated rings. The first-order chi connectivity index (χ1) is 9.13. The van der Waals surface area contributed by atoms with Gasteiger partial charge in [0.05, 0.1) is 17.6 Å². The van der Waals surface area contributed by atoms with Crippen LogP contribution >= 0.6 is 0 Å². The fourth-order valence-corrected chi connectivity index (χ4v) is 1.70.